The molecule has 9 heteroatoms. The lowest BCUT2D eigenvalue weighted by atomic mass is 9.68. The SMILES string of the molecule is CC1=NOC2(C)C1=C1C(=C3C=C(c4ccccc4)SC32C)C(F)(F)C(F)(F)C1(F)F. The van der Waals surface area contributed by atoms with E-state index >= 15 is 0 Å². The molecule has 0 N–H and O–H groups in total. The molecule has 4 aliphatic rings. The Morgan fingerprint density at radius 2 is 1.47 bits per heavy atom. The van der Waals surface area contributed by atoms with Crippen LogP contribution in [0, 0.1) is 0 Å². The van der Waals surface area contributed by atoms with E-state index in [1.54, 1.807) is 37.3 Å². The van der Waals surface area contributed by atoms with Crippen LogP contribution in [0.5, 0.6) is 0 Å². The lowest BCUT2D eigenvalue weighted by molar-refractivity contribution is -0.258. The number of nitrogens with zero attached hydrogens (tertiary/aromatic N) is 1. The molecule has 0 spiro atoms. The lowest BCUT2D eigenvalue weighted by Crippen LogP contribution is -2.53. The fraction of sp³-hybridized carbons (Fsp3) is 0.381. The topological polar surface area (TPSA) is 21.6 Å². The molecule has 2 unspecified atom stereocenters. The molecular formula is C21H15F6NOS. The maximum absolute atomic E-state index is 15.0. The van der Waals surface area contributed by atoms with Crippen molar-refractivity contribution in [3.63, 3.8) is 0 Å². The summed E-state index contributed by atoms with van der Waals surface area (Å²) in [5, 5.41) is 3.75. The van der Waals surface area contributed by atoms with Gasteiger partial charge in [0.1, 0.15) is 0 Å². The number of hydrogen-bond acceptors (Lipinski definition) is 3. The normalized spacial score (nSPS) is 34.8. The zero-order chi connectivity index (χ0) is 21.9. The predicted molar refractivity (Wildman–Crippen MR) is 102 cm³/mol. The third kappa shape index (κ3) is 1.89. The molecule has 2 heterocycles. The summed E-state index contributed by atoms with van der Waals surface area (Å²) < 4.78 is 87.2. The Hall–Kier alpha value is -2.16. The standard InChI is InChI=1S/C21H15F6NOS/c1-10-14-16-15(19(22,23)21(26,27)20(16,24)25)12-9-13(11-7-5-4-6-8-11)30-18(12,3)17(14,2)29-28-10/h4-9H,1-3H3. The maximum Gasteiger partial charge on any atom is 0.380 e. The molecular weight excluding hydrogens is 428 g/mol. The van der Waals surface area contributed by atoms with Gasteiger partial charge in [0.2, 0.25) is 0 Å². The monoisotopic (exact) mass is 443 g/mol. The highest BCUT2D eigenvalue weighted by Crippen LogP contribution is 2.72. The Morgan fingerprint density at radius 1 is 0.867 bits per heavy atom. The first-order valence-corrected chi connectivity index (χ1v) is 9.96. The highest BCUT2D eigenvalue weighted by Gasteiger charge is 2.85. The van der Waals surface area contributed by atoms with E-state index in [2.05, 4.69) is 5.16 Å². The van der Waals surface area contributed by atoms with Crippen LogP contribution in [0.3, 0.4) is 0 Å². The molecule has 1 saturated carbocycles. The summed E-state index contributed by atoms with van der Waals surface area (Å²) in [5.41, 5.74) is -4.41. The molecule has 0 bridgehead atoms. The van der Waals surface area contributed by atoms with E-state index in [4.69, 9.17) is 4.84 Å². The smallest absolute Gasteiger partial charge is 0.380 e. The van der Waals surface area contributed by atoms with Gasteiger partial charge in [-0.05, 0) is 38.0 Å². The van der Waals surface area contributed by atoms with Crippen LogP contribution in [-0.4, -0.2) is 33.8 Å². The molecule has 158 valence electrons. The van der Waals surface area contributed by atoms with Gasteiger partial charge in [-0.25, -0.2) is 0 Å². The number of hydrogen-bond donors (Lipinski definition) is 0. The van der Waals surface area contributed by atoms with Gasteiger partial charge in [0, 0.05) is 21.6 Å². The molecule has 2 aliphatic carbocycles. The third-order valence-corrected chi connectivity index (χ3v) is 8.05. The molecule has 1 fully saturated rings. The second kappa shape index (κ2) is 5.36. The summed E-state index contributed by atoms with van der Waals surface area (Å²) in [5.74, 6) is -15.7. The number of fused-ring (bicyclic) bond motifs is 4. The minimum absolute atomic E-state index is 0.104. The van der Waals surface area contributed by atoms with E-state index in [1.807, 2.05) is 0 Å². The van der Waals surface area contributed by atoms with Crippen molar-refractivity contribution in [1.29, 1.82) is 0 Å². The average Bonchev–Trinajstić information content (AvgIpc) is 3.22. The number of allylic oxidation sites excluding steroid dienone is 3. The number of halogens is 6. The Kier molecular flexibility index (Phi) is 3.53. The van der Waals surface area contributed by atoms with Gasteiger partial charge in [-0.1, -0.05) is 35.5 Å². The summed E-state index contributed by atoms with van der Waals surface area (Å²) in [6.45, 7) is 4.28. The molecule has 5 rings (SSSR count). The molecule has 1 aromatic rings. The second-order valence-electron chi connectivity index (χ2n) is 8.07. The van der Waals surface area contributed by atoms with Crippen LogP contribution in [-0.2, 0) is 4.84 Å². The van der Waals surface area contributed by atoms with Crippen molar-refractivity contribution in [3.8, 4) is 0 Å². The first-order valence-electron chi connectivity index (χ1n) is 9.14. The molecule has 0 saturated heterocycles. The van der Waals surface area contributed by atoms with E-state index in [-0.39, 0.29) is 16.9 Å². The molecule has 2 nitrogen and oxygen atoms in total. The van der Waals surface area contributed by atoms with Gasteiger partial charge in [-0.3, -0.25) is 0 Å². The van der Waals surface area contributed by atoms with Crippen LogP contribution < -0.4 is 0 Å². The van der Waals surface area contributed by atoms with Crippen molar-refractivity contribution in [3.05, 3.63) is 64.3 Å². The molecule has 30 heavy (non-hydrogen) atoms. The van der Waals surface area contributed by atoms with Crippen LogP contribution in [0.2, 0.25) is 0 Å². The summed E-state index contributed by atoms with van der Waals surface area (Å²) in [4.78, 5) is 6.02. The molecule has 1 aromatic carbocycles. The van der Waals surface area contributed by atoms with Crippen LogP contribution in [0.25, 0.3) is 4.91 Å². The molecule has 0 amide bonds. The lowest BCUT2D eigenvalue weighted by Gasteiger charge is -2.45. The first-order chi connectivity index (χ1) is 13.8. The number of thioether (sulfide) groups is 1. The largest absolute Gasteiger partial charge is 0.382 e. The summed E-state index contributed by atoms with van der Waals surface area (Å²) in [6.07, 6.45) is 1.31. The van der Waals surface area contributed by atoms with Gasteiger partial charge >= 0.3 is 17.8 Å². The predicted octanol–water partition coefficient (Wildman–Crippen LogP) is 6.22. The van der Waals surface area contributed by atoms with Crippen molar-refractivity contribution in [1.82, 2.24) is 0 Å². The van der Waals surface area contributed by atoms with E-state index in [9.17, 15) is 26.3 Å². The van der Waals surface area contributed by atoms with Gasteiger partial charge in [-0.15, -0.1) is 11.8 Å². The Balaban J connectivity index is 1.90. The summed E-state index contributed by atoms with van der Waals surface area (Å²) >= 11 is 1.12. The van der Waals surface area contributed by atoms with Gasteiger partial charge in [-0.2, -0.15) is 26.3 Å². The fourth-order valence-corrected chi connectivity index (χ4v) is 6.21. The van der Waals surface area contributed by atoms with Crippen molar-refractivity contribution in [2.45, 2.75) is 48.9 Å². The molecule has 0 aromatic heterocycles. The number of alkyl halides is 6. The van der Waals surface area contributed by atoms with Gasteiger partial charge < -0.3 is 4.84 Å². The number of rotatable bonds is 1. The maximum atomic E-state index is 15.0. The van der Waals surface area contributed by atoms with Crippen LogP contribution in [0.4, 0.5) is 26.3 Å². The summed E-state index contributed by atoms with van der Waals surface area (Å²) in [6, 6.07) is 8.71. The van der Waals surface area contributed by atoms with Crippen molar-refractivity contribution >= 4 is 22.4 Å². The fourth-order valence-electron chi connectivity index (χ4n) is 4.74. The van der Waals surface area contributed by atoms with Gasteiger partial charge in [0.15, 0.2) is 5.60 Å². The zero-order valence-electron chi connectivity index (χ0n) is 16.0. The minimum Gasteiger partial charge on any atom is -0.382 e. The van der Waals surface area contributed by atoms with Crippen molar-refractivity contribution in [2.75, 3.05) is 0 Å². The van der Waals surface area contributed by atoms with Crippen molar-refractivity contribution in [2.24, 2.45) is 5.16 Å². The zero-order valence-corrected chi connectivity index (χ0v) is 16.8. The Morgan fingerprint density at radius 3 is 2.10 bits per heavy atom. The van der Waals surface area contributed by atoms with Gasteiger partial charge in [0.05, 0.1) is 10.5 Å². The minimum atomic E-state index is -5.58. The molecule has 2 aliphatic heterocycles. The van der Waals surface area contributed by atoms with Crippen molar-refractivity contribution < 1.29 is 31.2 Å². The number of oxime groups is 1. The van der Waals surface area contributed by atoms with E-state index < -0.39 is 39.3 Å². The summed E-state index contributed by atoms with van der Waals surface area (Å²) in [7, 11) is 0. The second-order valence-corrected chi connectivity index (χ2v) is 9.53. The highest BCUT2D eigenvalue weighted by molar-refractivity contribution is 8.10. The quantitative estimate of drug-likeness (QED) is 0.481. The Labute approximate surface area is 172 Å². The Bertz CT molecular complexity index is 1120. The van der Waals surface area contributed by atoms with Crippen LogP contribution >= 0.6 is 11.8 Å². The van der Waals surface area contributed by atoms with E-state index in [1.165, 1.54) is 19.9 Å². The van der Waals surface area contributed by atoms with Gasteiger partial charge in [0.25, 0.3) is 0 Å². The number of benzene rings is 1. The van der Waals surface area contributed by atoms with E-state index in [0.29, 0.717) is 10.5 Å². The molecule has 2 atom stereocenters. The highest BCUT2D eigenvalue weighted by atomic mass is 32.2. The van der Waals surface area contributed by atoms with E-state index in [0.717, 1.165) is 11.8 Å². The third-order valence-electron chi connectivity index (χ3n) is 6.46. The van der Waals surface area contributed by atoms with Crippen LogP contribution in [0.15, 0.2) is 63.9 Å². The van der Waals surface area contributed by atoms with Crippen LogP contribution in [0.1, 0.15) is 26.3 Å². The molecule has 0 radical (unpaired) electrons. The average molecular weight is 443 g/mol. The first kappa shape index (κ1) is 19.8.